The molecule has 2 N–H and O–H groups in total. The number of nitrogen functional groups attached to an aromatic ring is 1. The van der Waals surface area contributed by atoms with Crippen molar-refractivity contribution in [2.75, 3.05) is 5.73 Å². The number of hydrogen-bond acceptors (Lipinski definition) is 4. The van der Waals surface area contributed by atoms with Gasteiger partial charge in [0, 0.05) is 4.90 Å². The number of rotatable bonds is 2. The highest BCUT2D eigenvalue weighted by Crippen LogP contribution is 2.35. The number of aryl methyl sites for hydroxylation is 2. The molecule has 0 amide bonds. The Bertz CT molecular complexity index is 601. The summed E-state index contributed by atoms with van der Waals surface area (Å²) in [5, 5.41) is 1.03. The minimum atomic E-state index is 0.314. The summed E-state index contributed by atoms with van der Waals surface area (Å²) in [6.07, 6.45) is 5.06. The zero-order valence-corrected chi connectivity index (χ0v) is 11.3. The predicted molar refractivity (Wildman–Crippen MR) is 74.0 cm³/mol. The van der Waals surface area contributed by atoms with Crippen LogP contribution in [-0.2, 0) is 12.8 Å². The second-order valence-electron chi connectivity index (χ2n) is 4.27. The van der Waals surface area contributed by atoms with E-state index in [1.165, 1.54) is 48.5 Å². The van der Waals surface area contributed by atoms with E-state index < -0.39 is 0 Å². The Labute approximate surface area is 115 Å². The van der Waals surface area contributed by atoms with Gasteiger partial charge in [-0.3, -0.25) is 0 Å². The highest BCUT2D eigenvalue weighted by molar-refractivity contribution is 7.99. The molecule has 5 heteroatoms. The molecule has 0 spiro atoms. The summed E-state index contributed by atoms with van der Waals surface area (Å²) in [5.74, 6) is 0. The number of nitrogens with two attached hydrogens (primary N) is 1. The normalized spacial score (nSPS) is 13.6. The molecular weight excluding hydrogens is 266 g/mol. The summed E-state index contributed by atoms with van der Waals surface area (Å²) in [4.78, 5) is 9.18. The molecule has 0 saturated heterocycles. The number of halogens is 1. The van der Waals surface area contributed by atoms with Crippen molar-refractivity contribution in [3.05, 3.63) is 40.8 Å². The number of nitrogens with zero attached hydrogens (tertiary/aromatic N) is 2. The van der Waals surface area contributed by atoms with Crippen molar-refractivity contribution in [1.82, 2.24) is 9.97 Å². The van der Waals surface area contributed by atoms with Crippen LogP contribution in [0.5, 0.6) is 0 Å². The fourth-order valence-corrected chi connectivity index (χ4v) is 3.22. The van der Waals surface area contributed by atoms with Crippen molar-refractivity contribution in [3.63, 3.8) is 0 Å². The first-order chi connectivity index (χ1) is 8.74. The second kappa shape index (κ2) is 4.78. The van der Waals surface area contributed by atoms with Gasteiger partial charge < -0.3 is 5.73 Å². The molecular formula is C13H12ClN3S. The molecule has 1 heterocycles. The number of anilines is 1. The molecule has 92 valence electrons. The van der Waals surface area contributed by atoms with Gasteiger partial charge >= 0.3 is 0 Å². The molecule has 3 nitrogen and oxygen atoms in total. The summed E-state index contributed by atoms with van der Waals surface area (Å²) in [6.45, 7) is 0. The number of benzene rings is 1. The van der Waals surface area contributed by atoms with Crippen molar-refractivity contribution >= 4 is 29.1 Å². The maximum Gasteiger partial charge on any atom is 0.156 e. The minimum Gasteiger partial charge on any atom is -0.394 e. The van der Waals surface area contributed by atoms with E-state index in [2.05, 4.69) is 28.2 Å². The average molecular weight is 278 g/mol. The fourth-order valence-electron chi connectivity index (χ4n) is 2.16. The zero-order valence-electron chi connectivity index (χ0n) is 9.69. The molecule has 3 rings (SSSR count). The van der Waals surface area contributed by atoms with Crippen molar-refractivity contribution < 1.29 is 0 Å². The van der Waals surface area contributed by atoms with E-state index in [4.69, 9.17) is 17.3 Å². The Hall–Kier alpha value is -1.26. The highest BCUT2D eigenvalue weighted by Gasteiger charge is 2.13. The number of aromatic nitrogens is 2. The molecule has 0 saturated carbocycles. The smallest absolute Gasteiger partial charge is 0.156 e. The first-order valence-corrected chi connectivity index (χ1v) is 6.99. The summed E-state index contributed by atoms with van der Waals surface area (Å²) in [5.41, 5.74) is 9.22. The van der Waals surface area contributed by atoms with Gasteiger partial charge in [-0.2, -0.15) is 0 Å². The van der Waals surface area contributed by atoms with Gasteiger partial charge in [-0.15, -0.1) is 0 Å². The van der Waals surface area contributed by atoms with Gasteiger partial charge in [0.1, 0.15) is 17.0 Å². The quantitative estimate of drug-likeness (QED) is 0.856. The van der Waals surface area contributed by atoms with Crippen LogP contribution < -0.4 is 5.73 Å². The van der Waals surface area contributed by atoms with Crippen LogP contribution >= 0.6 is 23.4 Å². The molecule has 0 bridgehead atoms. The van der Waals surface area contributed by atoms with Crippen molar-refractivity contribution in [1.29, 1.82) is 0 Å². The number of fused-ring (bicyclic) bond motifs is 1. The van der Waals surface area contributed by atoms with Gasteiger partial charge in [0.2, 0.25) is 0 Å². The van der Waals surface area contributed by atoms with Crippen molar-refractivity contribution in [2.24, 2.45) is 0 Å². The molecule has 2 aromatic rings. The van der Waals surface area contributed by atoms with E-state index in [1.807, 2.05) is 0 Å². The van der Waals surface area contributed by atoms with Gasteiger partial charge in [-0.25, -0.2) is 9.97 Å². The summed E-state index contributed by atoms with van der Waals surface area (Å²) < 4.78 is 0. The SMILES string of the molecule is Nc1c(Cl)ncnc1Sc1ccc2c(c1)CCC2. The van der Waals surface area contributed by atoms with E-state index in [0.717, 1.165) is 4.90 Å². The van der Waals surface area contributed by atoms with Gasteiger partial charge in [0.25, 0.3) is 0 Å². The lowest BCUT2D eigenvalue weighted by atomic mass is 10.1. The first kappa shape index (κ1) is 11.8. The third-order valence-corrected chi connectivity index (χ3v) is 4.39. The maximum absolute atomic E-state index is 5.88. The first-order valence-electron chi connectivity index (χ1n) is 5.79. The summed E-state index contributed by atoms with van der Waals surface area (Å²) in [7, 11) is 0. The third kappa shape index (κ3) is 2.18. The van der Waals surface area contributed by atoms with Gasteiger partial charge in [0.05, 0.1) is 0 Å². The molecule has 1 aliphatic carbocycles. The number of hydrogen-bond donors (Lipinski definition) is 1. The van der Waals surface area contributed by atoms with Crippen LogP contribution in [0.3, 0.4) is 0 Å². The lowest BCUT2D eigenvalue weighted by Gasteiger charge is -2.06. The Morgan fingerprint density at radius 3 is 2.89 bits per heavy atom. The Morgan fingerprint density at radius 1 is 1.17 bits per heavy atom. The fraction of sp³-hybridized carbons (Fsp3) is 0.231. The van der Waals surface area contributed by atoms with E-state index in [0.29, 0.717) is 15.9 Å². The van der Waals surface area contributed by atoms with Crippen LogP contribution in [0.1, 0.15) is 17.5 Å². The van der Waals surface area contributed by atoms with Crippen molar-refractivity contribution in [3.8, 4) is 0 Å². The zero-order chi connectivity index (χ0) is 12.5. The van der Waals surface area contributed by atoms with E-state index >= 15 is 0 Å². The van der Waals surface area contributed by atoms with Crippen molar-refractivity contribution in [2.45, 2.75) is 29.2 Å². The van der Waals surface area contributed by atoms with E-state index in [1.54, 1.807) is 0 Å². The molecule has 1 aliphatic rings. The summed E-state index contributed by atoms with van der Waals surface area (Å²) in [6, 6.07) is 6.54. The molecule has 0 aliphatic heterocycles. The molecule has 1 aromatic heterocycles. The van der Waals surface area contributed by atoms with Crippen LogP contribution in [0.4, 0.5) is 5.69 Å². The molecule has 1 aromatic carbocycles. The van der Waals surface area contributed by atoms with Gasteiger partial charge in [-0.1, -0.05) is 29.4 Å². The molecule has 0 unspecified atom stereocenters. The maximum atomic E-state index is 5.88. The molecule has 0 atom stereocenters. The van der Waals surface area contributed by atoms with Gasteiger partial charge in [-0.05, 0) is 42.5 Å². The third-order valence-electron chi connectivity index (χ3n) is 3.08. The molecule has 18 heavy (non-hydrogen) atoms. The average Bonchev–Trinajstić information content (AvgIpc) is 2.82. The molecule has 0 fully saturated rings. The van der Waals surface area contributed by atoms with E-state index in [9.17, 15) is 0 Å². The Morgan fingerprint density at radius 2 is 2.00 bits per heavy atom. The Balaban J connectivity index is 1.90. The lowest BCUT2D eigenvalue weighted by Crippen LogP contribution is -1.95. The van der Waals surface area contributed by atoms with Crippen LogP contribution in [0.2, 0.25) is 5.15 Å². The minimum absolute atomic E-state index is 0.314. The topological polar surface area (TPSA) is 51.8 Å². The predicted octanol–water partition coefficient (Wildman–Crippen LogP) is 3.35. The lowest BCUT2D eigenvalue weighted by molar-refractivity contribution is 0.911. The van der Waals surface area contributed by atoms with Gasteiger partial charge in [0.15, 0.2) is 5.15 Å². The largest absolute Gasteiger partial charge is 0.394 e. The monoisotopic (exact) mass is 277 g/mol. The summed E-state index contributed by atoms with van der Waals surface area (Å²) >= 11 is 7.42. The Kier molecular flexibility index (Phi) is 3.14. The second-order valence-corrected chi connectivity index (χ2v) is 5.69. The van der Waals surface area contributed by atoms with Crippen LogP contribution in [0.25, 0.3) is 0 Å². The van der Waals surface area contributed by atoms with E-state index in [-0.39, 0.29) is 0 Å². The highest BCUT2D eigenvalue weighted by atomic mass is 35.5. The van der Waals surface area contributed by atoms with Crippen LogP contribution in [0.15, 0.2) is 34.4 Å². The van der Waals surface area contributed by atoms with Crippen LogP contribution in [0, 0.1) is 0 Å². The molecule has 0 radical (unpaired) electrons. The van der Waals surface area contributed by atoms with Crippen LogP contribution in [-0.4, -0.2) is 9.97 Å². The standard InChI is InChI=1S/C13H12ClN3S/c14-12-11(15)13(17-7-16-12)18-10-5-4-8-2-1-3-9(8)6-10/h4-7H,1-3,15H2.